The third-order valence-corrected chi connectivity index (χ3v) is 8.89. The lowest BCUT2D eigenvalue weighted by Crippen LogP contribution is -2.17. The molecule has 66 heavy (non-hydrogen) atoms. The summed E-state index contributed by atoms with van der Waals surface area (Å²) in [6.07, 6.45) is 6.76. The minimum Gasteiger partial charge on any atom is -0.424 e. The van der Waals surface area contributed by atoms with E-state index in [1.807, 2.05) is 194 Å². The van der Waals surface area contributed by atoms with Gasteiger partial charge in [0.2, 0.25) is 11.9 Å². The second kappa shape index (κ2) is 20.9. The maximum atomic E-state index is 5.91. The van der Waals surface area contributed by atoms with Gasteiger partial charge in [-0.1, -0.05) is 97.1 Å². The first kappa shape index (κ1) is 41.6. The molecule has 0 bridgehead atoms. The third kappa shape index (κ3) is 11.0. The summed E-state index contributed by atoms with van der Waals surface area (Å²) in [5.74, 6) is 5.17. The standard InChI is InChI=1S/2C25H18N6O2/c2*1-3-11-19(12-4-1)32-24-28-23(29-25(30-24)33-20-13-5-2-6-14-20)31(21-15-7-9-17-26-21)22-16-8-10-18-27-22/h2*1-18H. The van der Waals surface area contributed by atoms with Crippen molar-refractivity contribution >= 4 is 35.2 Å². The zero-order valence-electron chi connectivity index (χ0n) is 34.8. The number of hydrogen-bond acceptors (Lipinski definition) is 16. The van der Waals surface area contributed by atoms with Crippen LogP contribution in [0.1, 0.15) is 0 Å². The molecule has 6 heterocycles. The summed E-state index contributed by atoms with van der Waals surface area (Å²) in [5.41, 5.74) is 0. The molecular weight excluding hydrogens is 833 g/mol. The van der Waals surface area contributed by atoms with Crippen LogP contribution in [0.3, 0.4) is 0 Å². The Labute approximate surface area is 378 Å². The minimum atomic E-state index is 0.0778. The fourth-order valence-corrected chi connectivity index (χ4v) is 6.00. The summed E-state index contributed by atoms with van der Waals surface area (Å²) in [6, 6.07) is 59.6. The Bertz CT molecular complexity index is 2620. The number of ether oxygens (including phenoxy) is 4. The lowest BCUT2D eigenvalue weighted by Gasteiger charge is -2.21. The Kier molecular flexibility index (Phi) is 13.2. The van der Waals surface area contributed by atoms with Crippen molar-refractivity contribution in [3.63, 3.8) is 0 Å². The van der Waals surface area contributed by atoms with Crippen molar-refractivity contribution in [2.75, 3.05) is 9.80 Å². The van der Waals surface area contributed by atoms with E-state index in [0.717, 1.165) is 0 Å². The van der Waals surface area contributed by atoms with Crippen LogP contribution in [0.5, 0.6) is 47.0 Å². The van der Waals surface area contributed by atoms with E-state index in [9.17, 15) is 0 Å². The van der Waals surface area contributed by atoms with Gasteiger partial charge in [0.15, 0.2) is 0 Å². The van der Waals surface area contributed by atoms with Crippen LogP contribution in [0.15, 0.2) is 219 Å². The zero-order valence-corrected chi connectivity index (χ0v) is 34.8. The molecule has 0 spiro atoms. The molecule has 10 aromatic rings. The number of pyridine rings is 4. The molecule has 4 aromatic carbocycles. The quantitative estimate of drug-likeness (QED) is 0.101. The highest BCUT2D eigenvalue weighted by Gasteiger charge is 2.23. The highest BCUT2D eigenvalue weighted by atomic mass is 16.5. The summed E-state index contributed by atoms with van der Waals surface area (Å²) in [5, 5.41) is 0. The molecule has 0 aliphatic carbocycles. The van der Waals surface area contributed by atoms with E-state index in [4.69, 9.17) is 18.9 Å². The highest BCUT2D eigenvalue weighted by Crippen LogP contribution is 2.34. The normalized spacial score (nSPS) is 10.4. The maximum absolute atomic E-state index is 5.91. The summed E-state index contributed by atoms with van der Waals surface area (Å²) in [4.78, 5) is 48.2. The molecule has 16 heteroatoms. The number of para-hydroxylation sites is 4. The molecule has 0 unspecified atom stereocenters. The molecule has 0 N–H and O–H groups in total. The fraction of sp³-hybridized carbons (Fsp3) is 0. The van der Waals surface area contributed by atoms with Crippen LogP contribution < -0.4 is 28.7 Å². The predicted molar refractivity (Wildman–Crippen MR) is 246 cm³/mol. The molecule has 320 valence electrons. The first-order valence-electron chi connectivity index (χ1n) is 20.4. The van der Waals surface area contributed by atoms with Crippen molar-refractivity contribution < 1.29 is 18.9 Å². The fourth-order valence-electron chi connectivity index (χ4n) is 6.00. The second-order valence-corrected chi connectivity index (χ2v) is 13.5. The van der Waals surface area contributed by atoms with Crippen LogP contribution in [0.25, 0.3) is 0 Å². The summed E-state index contributed by atoms with van der Waals surface area (Å²) in [6.45, 7) is 0. The highest BCUT2D eigenvalue weighted by molar-refractivity contribution is 5.68. The third-order valence-electron chi connectivity index (χ3n) is 8.89. The number of rotatable bonds is 14. The Balaban J connectivity index is 0.000000166. The van der Waals surface area contributed by atoms with Gasteiger partial charge in [-0.15, -0.1) is 9.97 Å². The van der Waals surface area contributed by atoms with E-state index in [2.05, 4.69) is 49.8 Å². The second-order valence-electron chi connectivity index (χ2n) is 13.5. The summed E-state index contributed by atoms with van der Waals surface area (Å²) in [7, 11) is 0. The van der Waals surface area contributed by atoms with Crippen molar-refractivity contribution in [2.45, 2.75) is 0 Å². The molecule has 6 aromatic heterocycles. The van der Waals surface area contributed by atoms with Gasteiger partial charge in [0.05, 0.1) is 0 Å². The molecular formula is C50H36N12O4. The zero-order chi connectivity index (χ0) is 44.6. The number of anilines is 6. The lowest BCUT2D eigenvalue weighted by atomic mass is 10.3. The summed E-state index contributed by atoms with van der Waals surface area (Å²) < 4.78 is 23.6. The molecule has 0 radical (unpaired) electrons. The smallest absolute Gasteiger partial charge is 0.330 e. The van der Waals surface area contributed by atoms with Gasteiger partial charge in [-0.25, -0.2) is 29.7 Å². The number of hydrogen-bond donors (Lipinski definition) is 0. The van der Waals surface area contributed by atoms with Gasteiger partial charge < -0.3 is 18.9 Å². The lowest BCUT2D eigenvalue weighted by molar-refractivity contribution is 0.397. The van der Waals surface area contributed by atoms with Crippen LogP contribution in [-0.4, -0.2) is 49.8 Å². The van der Waals surface area contributed by atoms with Crippen molar-refractivity contribution in [3.05, 3.63) is 219 Å². The molecule has 0 amide bonds. The summed E-state index contributed by atoms with van der Waals surface area (Å²) >= 11 is 0. The van der Waals surface area contributed by atoms with Crippen molar-refractivity contribution in [3.8, 4) is 47.0 Å². The van der Waals surface area contributed by atoms with Crippen molar-refractivity contribution in [2.24, 2.45) is 0 Å². The first-order valence-corrected chi connectivity index (χ1v) is 20.4. The average molecular weight is 869 g/mol. The van der Waals surface area contributed by atoms with E-state index in [0.29, 0.717) is 46.3 Å². The van der Waals surface area contributed by atoms with Gasteiger partial charge in [0.25, 0.3) is 0 Å². The average Bonchev–Trinajstić information content (AvgIpc) is 3.37. The van der Waals surface area contributed by atoms with E-state index in [-0.39, 0.29) is 35.9 Å². The van der Waals surface area contributed by atoms with Crippen LogP contribution in [0.4, 0.5) is 35.2 Å². The van der Waals surface area contributed by atoms with Crippen LogP contribution in [-0.2, 0) is 0 Å². The Hall–Kier alpha value is -9.70. The Morgan fingerprint density at radius 3 is 0.682 bits per heavy atom. The van der Waals surface area contributed by atoms with E-state index in [1.54, 1.807) is 34.6 Å². The van der Waals surface area contributed by atoms with Crippen molar-refractivity contribution in [1.29, 1.82) is 0 Å². The predicted octanol–water partition coefficient (Wildman–Crippen LogP) is 11.4. The molecule has 10 rings (SSSR count). The van der Waals surface area contributed by atoms with Gasteiger partial charge >= 0.3 is 24.0 Å². The van der Waals surface area contributed by atoms with E-state index < -0.39 is 0 Å². The molecule has 0 aliphatic heterocycles. The van der Waals surface area contributed by atoms with Gasteiger partial charge in [0.1, 0.15) is 46.3 Å². The number of aromatic nitrogens is 10. The largest absolute Gasteiger partial charge is 0.424 e. The molecule has 0 saturated heterocycles. The van der Waals surface area contributed by atoms with E-state index >= 15 is 0 Å². The molecule has 0 saturated carbocycles. The van der Waals surface area contributed by atoms with Gasteiger partial charge in [0, 0.05) is 24.8 Å². The monoisotopic (exact) mass is 868 g/mol. The van der Waals surface area contributed by atoms with Gasteiger partial charge in [-0.2, -0.15) is 19.9 Å². The number of nitrogens with zero attached hydrogens (tertiary/aromatic N) is 12. The van der Waals surface area contributed by atoms with Crippen LogP contribution in [0, 0.1) is 0 Å². The SMILES string of the molecule is c1ccc(Oc2nc(Oc3ccccc3)nc(N(c3ccccn3)c3ccccn3)n2)cc1.c1ccc(Oc2nc(Oc3ccccc3)nc(N(c3ccccn3)c3ccccn3)n2)cc1. The van der Waals surface area contributed by atoms with Crippen LogP contribution in [0.2, 0.25) is 0 Å². The topological polar surface area (TPSA) is 172 Å². The first-order chi connectivity index (χ1) is 32.7. The van der Waals surface area contributed by atoms with Gasteiger partial charge in [-0.3, -0.25) is 0 Å². The number of benzene rings is 4. The van der Waals surface area contributed by atoms with Crippen molar-refractivity contribution in [1.82, 2.24) is 49.8 Å². The molecule has 0 fully saturated rings. The minimum absolute atomic E-state index is 0.0778. The maximum Gasteiger partial charge on any atom is 0.330 e. The Morgan fingerprint density at radius 2 is 0.470 bits per heavy atom. The molecule has 0 aliphatic rings. The Morgan fingerprint density at radius 1 is 0.242 bits per heavy atom. The molecule has 0 atom stereocenters. The van der Waals surface area contributed by atoms with Crippen LogP contribution >= 0.6 is 0 Å². The molecule has 16 nitrogen and oxygen atoms in total. The van der Waals surface area contributed by atoms with E-state index in [1.165, 1.54) is 0 Å². The van der Waals surface area contributed by atoms with Gasteiger partial charge in [-0.05, 0) is 97.1 Å².